The summed E-state index contributed by atoms with van der Waals surface area (Å²) >= 11 is 0. The third kappa shape index (κ3) is 3.16. The zero-order chi connectivity index (χ0) is 20.7. The van der Waals surface area contributed by atoms with E-state index in [1.54, 1.807) is 0 Å². The molecule has 2 N–H and O–H groups in total. The number of H-pyrrole nitrogens is 1. The third-order valence-electron chi connectivity index (χ3n) is 5.31. The number of anilines is 1. The van der Waals surface area contributed by atoms with E-state index >= 15 is 0 Å². The smallest absolute Gasteiger partial charge is 0.262 e. The molecule has 3 aromatic heterocycles. The summed E-state index contributed by atoms with van der Waals surface area (Å²) in [6, 6.07) is 16.0. The number of hydrogen-bond donors (Lipinski definition) is 2. The van der Waals surface area contributed by atoms with Gasteiger partial charge in [-0.2, -0.15) is 0 Å². The summed E-state index contributed by atoms with van der Waals surface area (Å²) in [5.41, 5.74) is 5.77. The van der Waals surface area contributed by atoms with Gasteiger partial charge in [-0.15, -0.1) is 0 Å². The molecule has 150 valence electrons. The molecule has 5 rings (SSSR count). The van der Waals surface area contributed by atoms with E-state index in [4.69, 9.17) is 4.74 Å². The van der Waals surface area contributed by atoms with E-state index in [-0.39, 0.29) is 12.5 Å². The molecule has 0 aliphatic carbocycles. The second-order valence-corrected chi connectivity index (χ2v) is 7.40. The lowest BCUT2D eigenvalue weighted by Crippen LogP contribution is -2.20. The first-order valence-corrected chi connectivity index (χ1v) is 10.0. The number of hydrogen-bond acceptors (Lipinski definition) is 3. The van der Waals surface area contributed by atoms with Crippen LogP contribution in [0.4, 0.5) is 5.69 Å². The van der Waals surface area contributed by atoms with Gasteiger partial charge in [0.2, 0.25) is 0 Å². The van der Waals surface area contributed by atoms with E-state index in [0.717, 1.165) is 34.2 Å². The van der Waals surface area contributed by atoms with Crippen molar-refractivity contribution in [3.05, 3.63) is 72.2 Å². The summed E-state index contributed by atoms with van der Waals surface area (Å²) in [6.07, 6.45) is 4.79. The van der Waals surface area contributed by atoms with Crippen molar-refractivity contribution in [1.82, 2.24) is 14.4 Å². The second kappa shape index (κ2) is 7.22. The van der Waals surface area contributed by atoms with Crippen LogP contribution in [-0.4, -0.2) is 26.9 Å². The number of carbonyl (C=O) groups is 1. The number of carbonyl (C=O) groups excluding carboxylic acids is 1. The van der Waals surface area contributed by atoms with Gasteiger partial charge in [-0.1, -0.05) is 31.2 Å². The van der Waals surface area contributed by atoms with Crippen LogP contribution < -0.4 is 10.1 Å². The number of fused-ring (bicyclic) bond motifs is 4. The van der Waals surface area contributed by atoms with Gasteiger partial charge in [0.05, 0.1) is 5.69 Å². The van der Waals surface area contributed by atoms with E-state index in [9.17, 15) is 4.79 Å². The van der Waals surface area contributed by atoms with Gasteiger partial charge in [-0.25, -0.2) is 4.98 Å². The van der Waals surface area contributed by atoms with Crippen LogP contribution in [0.15, 0.2) is 60.9 Å². The highest BCUT2D eigenvalue weighted by Crippen LogP contribution is 2.29. The number of nitrogens with one attached hydrogen (secondary N) is 2. The molecule has 0 unspecified atom stereocenters. The number of imidazole rings is 1. The number of amides is 1. The molecule has 1 amide bonds. The molecule has 0 saturated heterocycles. The first-order valence-electron chi connectivity index (χ1n) is 10.0. The van der Waals surface area contributed by atoms with Gasteiger partial charge in [0.1, 0.15) is 0 Å². The van der Waals surface area contributed by atoms with Crippen LogP contribution in [0.1, 0.15) is 18.2 Å². The highest BCUT2D eigenvalue weighted by atomic mass is 16.5. The molecule has 5 aromatic rings. The maximum atomic E-state index is 12.5. The normalized spacial score (nSPS) is 11.4. The van der Waals surface area contributed by atoms with E-state index in [0.29, 0.717) is 11.4 Å². The number of pyridine rings is 1. The van der Waals surface area contributed by atoms with E-state index < -0.39 is 0 Å². The Morgan fingerprint density at radius 2 is 2.07 bits per heavy atom. The number of para-hydroxylation sites is 1. The van der Waals surface area contributed by atoms with Crippen LogP contribution in [-0.2, 0) is 11.2 Å². The number of ether oxygens (including phenoxy) is 1. The molecule has 0 fully saturated rings. The maximum Gasteiger partial charge on any atom is 0.262 e. The minimum Gasteiger partial charge on any atom is -0.480 e. The molecule has 0 atom stereocenters. The predicted molar refractivity (Wildman–Crippen MR) is 119 cm³/mol. The number of aromatic amines is 1. The standard InChI is InChI=1S/C24H22N4O2/c1-3-16-6-4-7-19-18-10-9-17(12-20(18)27-23(16)19)26-22(29)14-30-21-8-5-11-28-13-15(2)25-24(21)28/h4-13,27H,3,14H2,1-2H3,(H,26,29). The fourth-order valence-corrected chi connectivity index (χ4v) is 3.92. The summed E-state index contributed by atoms with van der Waals surface area (Å²) in [6.45, 7) is 3.99. The second-order valence-electron chi connectivity index (χ2n) is 7.40. The largest absolute Gasteiger partial charge is 0.480 e. The molecular formula is C24H22N4O2. The molecule has 6 heteroatoms. The molecule has 0 bridgehead atoms. The molecule has 0 aliphatic rings. The molecule has 2 aromatic carbocycles. The Balaban J connectivity index is 1.34. The fraction of sp³-hybridized carbons (Fsp3) is 0.167. The van der Waals surface area contributed by atoms with Gasteiger partial charge in [0, 0.05) is 39.9 Å². The molecular weight excluding hydrogens is 376 g/mol. The van der Waals surface area contributed by atoms with Crippen LogP contribution >= 0.6 is 0 Å². The Kier molecular flexibility index (Phi) is 4.39. The fourth-order valence-electron chi connectivity index (χ4n) is 3.92. The summed E-state index contributed by atoms with van der Waals surface area (Å²) in [5.74, 6) is 0.365. The van der Waals surface area contributed by atoms with E-state index in [2.05, 4.69) is 40.4 Å². The first kappa shape index (κ1) is 18.2. The average Bonchev–Trinajstić information content (AvgIpc) is 3.31. The summed E-state index contributed by atoms with van der Waals surface area (Å²) < 4.78 is 7.62. The van der Waals surface area contributed by atoms with Gasteiger partial charge in [-0.3, -0.25) is 4.79 Å². The number of aryl methyl sites for hydroxylation is 2. The van der Waals surface area contributed by atoms with Crippen LogP contribution in [0.5, 0.6) is 5.75 Å². The van der Waals surface area contributed by atoms with Crippen molar-refractivity contribution >= 4 is 39.0 Å². The van der Waals surface area contributed by atoms with Crippen LogP contribution in [0, 0.1) is 6.92 Å². The lowest BCUT2D eigenvalue weighted by atomic mass is 10.1. The van der Waals surface area contributed by atoms with Gasteiger partial charge in [-0.05, 0) is 43.2 Å². The van der Waals surface area contributed by atoms with Crippen molar-refractivity contribution in [1.29, 1.82) is 0 Å². The molecule has 3 heterocycles. The quantitative estimate of drug-likeness (QED) is 0.444. The molecule has 6 nitrogen and oxygen atoms in total. The van der Waals surface area contributed by atoms with Gasteiger partial charge >= 0.3 is 0 Å². The Labute approximate surface area is 173 Å². The summed E-state index contributed by atoms with van der Waals surface area (Å²) in [4.78, 5) is 20.4. The molecule has 0 spiro atoms. The number of nitrogens with zero attached hydrogens (tertiary/aromatic N) is 2. The number of rotatable bonds is 5. The highest BCUT2D eigenvalue weighted by Gasteiger charge is 2.11. The van der Waals surface area contributed by atoms with Crippen molar-refractivity contribution in [2.75, 3.05) is 11.9 Å². The monoisotopic (exact) mass is 398 g/mol. The number of benzene rings is 2. The van der Waals surface area contributed by atoms with E-state index in [1.807, 2.05) is 54.0 Å². The lowest BCUT2D eigenvalue weighted by Gasteiger charge is -2.08. The van der Waals surface area contributed by atoms with Crippen LogP contribution in [0.3, 0.4) is 0 Å². The van der Waals surface area contributed by atoms with E-state index in [1.165, 1.54) is 10.9 Å². The van der Waals surface area contributed by atoms with Gasteiger partial charge < -0.3 is 19.4 Å². The van der Waals surface area contributed by atoms with Crippen molar-refractivity contribution < 1.29 is 9.53 Å². The van der Waals surface area contributed by atoms with Crippen LogP contribution in [0.25, 0.3) is 27.5 Å². The zero-order valence-electron chi connectivity index (χ0n) is 16.9. The van der Waals surface area contributed by atoms with Crippen molar-refractivity contribution in [3.8, 4) is 5.75 Å². The van der Waals surface area contributed by atoms with Gasteiger partial charge in [0.15, 0.2) is 18.0 Å². The Morgan fingerprint density at radius 1 is 1.17 bits per heavy atom. The van der Waals surface area contributed by atoms with Gasteiger partial charge in [0.25, 0.3) is 5.91 Å². The minimum absolute atomic E-state index is 0.0870. The Morgan fingerprint density at radius 3 is 2.93 bits per heavy atom. The maximum absolute atomic E-state index is 12.5. The topological polar surface area (TPSA) is 71.4 Å². The summed E-state index contributed by atoms with van der Waals surface area (Å²) in [5, 5.41) is 5.27. The van der Waals surface area contributed by atoms with Crippen LogP contribution in [0.2, 0.25) is 0 Å². The van der Waals surface area contributed by atoms with Crippen molar-refractivity contribution in [2.45, 2.75) is 20.3 Å². The average molecular weight is 398 g/mol. The van der Waals surface area contributed by atoms with Crippen molar-refractivity contribution in [2.24, 2.45) is 0 Å². The van der Waals surface area contributed by atoms with Crippen molar-refractivity contribution in [3.63, 3.8) is 0 Å². The zero-order valence-corrected chi connectivity index (χ0v) is 16.9. The molecule has 0 radical (unpaired) electrons. The minimum atomic E-state index is -0.218. The molecule has 30 heavy (non-hydrogen) atoms. The predicted octanol–water partition coefficient (Wildman–Crippen LogP) is 4.86. The first-order chi connectivity index (χ1) is 14.6. The molecule has 0 saturated carbocycles. The molecule has 0 aliphatic heterocycles. The Hall–Kier alpha value is -3.80. The lowest BCUT2D eigenvalue weighted by molar-refractivity contribution is -0.118. The highest BCUT2D eigenvalue weighted by molar-refractivity contribution is 6.09. The Bertz CT molecular complexity index is 1400. The number of aromatic nitrogens is 3. The SMILES string of the molecule is CCc1cccc2c1[nH]c1cc(NC(=O)COc3cccn4cc(C)nc34)ccc12. The third-order valence-corrected chi connectivity index (χ3v) is 5.31. The summed E-state index contributed by atoms with van der Waals surface area (Å²) in [7, 11) is 0.